The summed E-state index contributed by atoms with van der Waals surface area (Å²) in [5.41, 5.74) is 2.74. The zero-order chi connectivity index (χ0) is 18.1. The number of aryl methyl sites for hydroxylation is 1. The van der Waals surface area contributed by atoms with Crippen molar-refractivity contribution >= 4 is 33.1 Å². The second kappa shape index (κ2) is 6.61. The van der Waals surface area contributed by atoms with Crippen molar-refractivity contribution in [1.29, 1.82) is 0 Å². The molecule has 0 saturated carbocycles. The van der Waals surface area contributed by atoms with E-state index >= 15 is 0 Å². The van der Waals surface area contributed by atoms with E-state index in [4.69, 9.17) is 9.15 Å². The van der Waals surface area contributed by atoms with Crippen LogP contribution in [0.3, 0.4) is 0 Å². The van der Waals surface area contributed by atoms with E-state index < -0.39 is 5.63 Å². The average molecular weight is 365 g/mol. The molecule has 0 bridgehead atoms. The maximum Gasteiger partial charge on any atom is 0.345 e. The lowest BCUT2D eigenvalue weighted by Crippen LogP contribution is -2.04. The lowest BCUT2D eigenvalue weighted by Gasteiger charge is -2.08. The van der Waals surface area contributed by atoms with Gasteiger partial charge in [-0.25, -0.2) is 9.78 Å². The predicted molar refractivity (Wildman–Crippen MR) is 102 cm³/mol. The number of para-hydroxylation sites is 2. The molecule has 0 atom stereocenters. The van der Waals surface area contributed by atoms with Crippen LogP contribution in [0.1, 0.15) is 5.56 Å². The Balaban J connectivity index is 1.71. The highest BCUT2D eigenvalue weighted by Crippen LogP contribution is 2.31. The molecule has 130 valence electrons. The molecule has 0 aliphatic carbocycles. The van der Waals surface area contributed by atoms with Crippen molar-refractivity contribution in [3.63, 3.8) is 0 Å². The van der Waals surface area contributed by atoms with Crippen LogP contribution in [0.4, 0.5) is 10.8 Å². The number of anilines is 2. The maximum atomic E-state index is 12.4. The lowest BCUT2D eigenvalue weighted by molar-refractivity contribution is 0.417. The van der Waals surface area contributed by atoms with Gasteiger partial charge >= 0.3 is 5.63 Å². The highest BCUT2D eigenvalue weighted by Gasteiger charge is 2.13. The predicted octanol–water partition coefficient (Wildman–Crippen LogP) is 4.37. The van der Waals surface area contributed by atoms with E-state index in [1.165, 1.54) is 11.3 Å². The molecule has 7 heteroatoms. The van der Waals surface area contributed by atoms with Gasteiger partial charge in [0.05, 0.1) is 24.1 Å². The molecule has 3 heterocycles. The minimum absolute atomic E-state index is 0.411. The monoisotopic (exact) mass is 365 g/mol. The fourth-order valence-corrected chi connectivity index (χ4v) is 3.40. The first-order valence-electron chi connectivity index (χ1n) is 7.90. The summed E-state index contributed by atoms with van der Waals surface area (Å²) in [5.74, 6) is 0.719. The number of aromatic nitrogens is 2. The number of nitrogens with zero attached hydrogens (tertiary/aromatic N) is 2. The van der Waals surface area contributed by atoms with Crippen LogP contribution in [-0.4, -0.2) is 17.1 Å². The summed E-state index contributed by atoms with van der Waals surface area (Å²) in [5, 5.41) is 6.46. The van der Waals surface area contributed by atoms with Crippen LogP contribution in [-0.2, 0) is 0 Å². The van der Waals surface area contributed by atoms with Gasteiger partial charge in [-0.1, -0.05) is 12.1 Å². The second-order valence-corrected chi connectivity index (χ2v) is 6.54. The molecule has 0 aliphatic rings. The average Bonchev–Trinajstić information content (AvgIpc) is 3.11. The number of fused-ring (bicyclic) bond motifs is 1. The molecule has 0 unspecified atom stereocenters. The van der Waals surface area contributed by atoms with Gasteiger partial charge in [-0.3, -0.25) is 4.98 Å². The van der Waals surface area contributed by atoms with E-state index in [0.29, 0.717) is 22.0 Å². The molecule has 26 heavy (non-hydrogen) atoms. The standard InChI is InChI=1S/C19H15N3O3S/c1-11-8-20-9-12-7-13(18(23)25-17(11)12)15-10-26-19(22-15)21-14-5-3-4-6-16(14)24-2/h3-10H,1-2H3,(H,21,22). The summed E-state index contributed by atoms with van der Waals surface area (Å²) >= 11 is 1.40. The lowest BCUT2D eigenvalue weighted by atomic mass is 10.1. The normalized spacial score (nSPS) is 10.8. The molecule has 0 spiro atoms. The number of hydrogen-bond acceptors (Lipinski definition) is 7. The van der Waals surface area contributed by atoms with Crippen LogP contribution in [0.15, 0.2) is 57.3 Å². The van der Waals surface area contributed by atoms with Crippen LogP contribution < -0.4 is 15.7 Å². The molecule has 1 N–H and O–H groups in total. The zero-order valence-corrected chi connectivity index (χ0v) is 15.0. The molecular weight excluding hydrogens is 350 g/mol. The topological polar surface area (TPSA) is 77.2 Å². The number of ether oxygens (including phenoxy) is 1. The number of benzene rings is 1. The highest BCUT2D eigenvalue weighted by molar-refractivity contribution is 7.14. The Morgan fingerprint density at radius 1 is 1.23 bits per heavy atom. The number of pyridine rings is 1. The van der Waals surface area contributed by atoms with E-state index in [9.17, 15) is 4.79 Å². The van der Waals surface area contributed by atoms with E-state index in [-0.39, 0.29) is 0 Å². The van der Waals surface area contributed by atoms with Gasteiger partial charge in [0.2, 0.25) is 0 Å². The third-order valence-corrected chi connectivity index (χ3v) is 4.70. The Morgan fingerprint density at radius 2 is 2.08 bits per heavy atom. The molecule has 0 saturated heterocycles. The molecule has 0 radical (unpaired) electrons. The third kappa shape index (κ3) is 2.93. The minimum atomic E-state index is -0.416. The summed E-state index contributed by atoms with van der Waals surface area (Å²) in [6.45, 7) is 1.86. The van der Waals surface area contributed by atoms with Gasteiger partial charge in [0.25, 0.3) is 0 Å². The quantitative estimate of drug-likeness (QED) is 0.578. The Kier molecular flexibility index (Phi) is 4.14. The van der Waals surface area contributed by atoms with Crippen molar-refractivity contribution in [2.75, 3.05) is 12.4 Å². The highest BCUT2D eigenvalue weighted by atomic mass is 32.1. The molecule has 0 amide bonds. The van der Waals surface area contributed by atoms with Gasteiger partial charge in [0, 0.05) is 28.7 Å². The van der Waals surface area contributed by atoms with E-state index in [0.717, 1.165) is 22.4 Å². The summed E-state index contributed by atoms with van der Waals surface area (Å²) in [6.07, 6.45) is 3.35. The molecule has 4 rings (SSSR count). The van der Waals surface area contributed by atoms with Crippen LogP contribution in [0.5, 0.6) is 5.75 Å². The summed E-state index contributed by atoms with van der Waals surface area (Å²) in [4.78, 5) is 21.1. The SMILES string of the molecule is COc1ccccc1Nc1nc(-c2cc3cncc(C)c3oc2=O)cs1. The van der Waals surface area contributed by atoms with Crippen molar-refractivity contribution in [1.82, 2.24) is 9.97 Å². The van der Waals surface area contributed by atoms with Gasteiger partial charge in [-0.15, -0.1) is 11.3 Å². The largest absolute Gasteiger partial charge is 0.495 e. The van der Waals surface area contributed by atoms with Gasteiger partial charge < -0.3 is 14.5 Å². The Labute approximate surface area is 153 Å². The Hall–Kier alpha value is -3.19. The second-order valence-electron chi connectivity index (χ2n) is 5.69. The fraction of sp³-hybridized carbons (Fsp3) is 0.105. The number of thiazole rings is 1. The molecule has 0 aliphatic heterocycles. The maximum absolute atomic E-state index is 12.4. The molecule has 1 aromatic carbocycles. The molecule has 3 aromatic heterocycles. The summed E-state index contributed by atoms with van der Waals surface area (Å²) in [6, 6.07) is 9.34. The minimum Gasteiger partial charge on any atom is -0.495 e. The summed E-state index contributed by atoms with van der Waals surface area (Å²) < 4.78 is 10.8. The Morgan fingerprint density at radius 3 is 2.92 bits per heavy atom. The van der Waals surface area contributed by atoms with E-state index in [1.54, 1.807) is 25.6 Å². The third-order valence-electron chi connectivity index (χ3n) is 3.95. The first-order valence-corrected chi connectivity index (χ1v) is 8.78. The molecule has 4 aromatic rings. The number of methoxy groups -OCH3 is 1. The van der Waals surface area contributed by atoms with E-state index in [2.05, 4.69) is 15.3 Å². The van der Waals surface area contributed by atoms with Gasteiger partial charge in [-0.2, -0.15) is 0 Å². The van der Waals surface area contributed by atoms with Crippen LogP contribution >= 0.6 is 11.3 Å². The van der Waals surface area contributed by atoms with Crippen molar-refractivity contribution in [3.05, 3.63) is 64.1 Å². The molecular formula is C19H15N3O3S. The number of hydrogen-bond donors (Lipinski definition) is 1. The molecule has 6 nitrogen and oxygen atoms in total. The zero-order valence-electron chi connectivity index (χ0n) is 14.1. The summed E-state index contributed by atoms with van der Waals surface area (Å²) in [7, 11) is 1.62. The van der Waals surface area contributed by atoms with Crippen LogP contribution in [0.25, 0.3) is 22.2 Å². The van der Waals surface area contributed by atoms with Crippen molar-refractivity contribution in [2.45, 2.75) is 6.92 Å². The van der Waals surface area contributed by atoms with Crippen molar-refractivity contribution in [3.8, 4) is 17.0 Å². The fourth-order valence-electron chi connectivity index (χ4n) is 2.68. The van der Waals surface area contributed by atoms with Crippen LogP contribution in [0, 0.1) is 6.92 Å². The Bertz CT molecular complexity index is 1150. The number of nitrogens with one attached hydrogen (secondary N) is 1. The van der Waals surface area contributed by atoms with Gasteiger partial charge in [0.15, 0.2) is 5.13 Å². The van der Waals surface area contributed by atoms with Gasteiger partial charge in [0.1, 0.15) is 11.3 Å². The van der Waals surface area contributed by atoms with E-state index in [1.807, 2.05) is 36.6 Å². The number of rotatable bonds is 4. The smallest absolute Gasteiger partial charge is 0.345 e. The van der Waals surface area contributed by atoms with Crippen molar-refractivity contribution < 1.29 is 9.15 Å². The first-order chi connectivity index (χ1) is 12.7. The molecule has 0 fully saturated rings. The van der Waals surface area contributed by atoms with Crippen LogP contribution in [0.2, 0.25) is 0 Å². The van der Waals surface area contributed by atoms with Crippen molar-refractivity contribution in [2.24, 2.45) is 0 Å². The van der Waals surface area contributed by atoms with Gasteiger partial charge in [-0.05, 0) is 25.1 Å². The first kappa shape index (κ1) is 16.3.